The second-order valence-electron chi connectivity index (χ2n) is 2.74. The third-order valence-corrected chi connectivity index (χ3v) is 2.93. The van der Waals surface area contributed by atoms with E-state index < -0.39 is 11.0 Å². The van der Waals surface area contributed by atoms with Crippen LogP contribution in [0.25, 0.3) is 0 Å². The Labute approximate surface area is 80.9 Å². The molecule has 0 aromatic heterocycles. The van der Waals surface area contributed by atoms with Gasteiger partial charge in [0.15, 0.2) is 0 Å². The molecular formula is C9H13NO2S. The maximum absolute atomic E-state index is 11.5. The van der Waals surface area contributed by atoms with Crippen molar-refractivity contribution < 1.29 is 8.95 Å². The fourth-order valence-electron chi connectivity index (χ4n) is 0.903. The van der Waals surface area contributed by atoms with Crippen LogP contribution in [0.1, 0.15) is 0 Å². The van der Waals surface area contributed by atoms with Gasteiger partial charge < -0.3 is 4.74 Å². The summed E-state index contributed by atoms with van der Waals surface area (Å²) in [5.41, 5.74) is 0. The standard InChI is InChI=1S/C9H13NO2S/c1-10(2)13(11)9-6-4-8(12-3)5-7-9/h4-7H,1-3H3. The van der Waals surface area contributed by atoms with Gasteiger partial charge in [-0.15, -0.1) is 0 Å². The Bertz CT molecular complexity index is 295. The lowest BCUT2D eigenvalue weighted by Crippen LogP contribution is -2.14. The van der Waals surface area contributed by atoms with Crippen molar-refractivity contribution in [3.05, 3.63) is 24.3 Å². The topological polar surface area (TPSA) is 29.5 Å². The molecule has 72 valence electrons. The molecule has 0 fully saturated rings. The molecule has 1 unspecified atom stereocenters. The van der Waals surface area contributed by atoms with Crippen molar-refractivity contribution >= 4 is 11.0 Å². The molecule has 0 amide bonds. The van der Waals surface area contributed by atoms with Gasteiger partial charge in [-0.05, 0) is 38.4 Å². The molecule has 1 aromatic carbocycles. The van der Waals surface area contributed by atoms with Crippen molar-refractivity contribution in [1.29, 1.82) is 0 Å². The van der Waals surface area contributed by atoms with Gasteiger partial charge in [-0.1, -0.05) is 0 Å². The van der Waals surface area contributed by atoms with Gasteiger partial charge in [0.25, 0.3) is 0 Å². The number of ether oxygens (including phenoxy) is 1. The molecule has 1 aromatic rings. The van der Waals surface area contributed by atoms with Crippen LogP contribution >= 0.6 is 0 Å². The minimum Gasteiger partial charge on any atom is -0.497 e. The summed E-state index contributed by atoms with van der Waals surface area (Å²) in [7, 11) is 4.10. The van der Waals surface area contributed by atoms with Crippen LogP contribution in [-0.2, 0) is 11.0 Å². The van der Waals surface area contributed by atoms with Crippen LogP contribution in [0.5, 0.6) is 5.75 Å². The second kappa shape index (κ2) is 4.39. The highest BCUT2D eigenvalue weighted by molar-refractivity contribution is 7.82. The fraction of sp³-hybridized carbons (Fsp3) is 0.333. The number of benzene rings is 1. The van der Waals surface area contributed by atoms with Gasteiger partial charge >= 0.3 is 0 Å². The van der Waals surface area contributed by atoms with E-state index in [0.29, 0.717) is 0 Å². The monoisotopic (exact) mass is 199 g/mol. The lowest BCUT2D eigenvalue weighted by molar-refractivity contribution is 0.414. The number of hydrogen-bond donors (Lipinski definition) is 0. The molecule has 0 N–H and O–H groups in total. The van der Waals surface area contributed by atoms with Gasteiger partial charge in [0.2, 0.25) is 0 Å². The fourth-order valence-corrected chi connectivity index (χ4v) is 1.69. The van der Waals surface area contributed by atoms with Gasteiger partial charge in [-0.2, -0.15) is 0 Å². The normalized spacial score (nSPS) is 12.9. The van der Waals surface area contributed by atoms with Crippen molar-refractivity contribution in [2.75, 3.05) is 21.2 Å². The minimum absolute atomic E-state index is 0.777. The van der Waals surface area contributed by atoms with Crippen molar-refractivity contribution in [3.8, 4) is 5.75 Å². The molecule has 0 saturated heterocycles. The van der Waals surface area contributed by atoms with Crippen LogP contribution in [0.3, 0.4) is 0 Å². The predicted molar refractivity (Wildman–Crippen MR) is 53.1 cm³/mol. The van der Waals surface area contributed by atoms with E-state index >= 15 is 0 Å². The van der Waals surface area contributed by atoms with Crippen molar-refractivity contribution in [2.45, 2.75) is 4.90 Å². The summed E-state index contributed by atoms with van der Waals surface area (Å²) < 4.78 is 18.2. The first-order chi connectivity index (χ1) is 6.15. The molecule has 0 radical (unpaired) electrons. The first-order valence-corrected chi connectivity index (χ1v) is 4.99. The van der Waals surface area contributed by atoms with Crippen LogP contribution < -0.4 is 4.74 Å². The average molecular weight is 199 g/mol. The first kappa shape index (κ1) is 10.2. The van der Waals surface area contributed by atoms with E-state index in [1.54, 1.807) is 49.8 Å². The largest absolute Gasteiger partial charge is 0.497 e. The van der Waals surface area contributed by atoms with Crippen molar-refractivity contribution in [1.82, 2.24) is 4.31 Å². The molecule has 0 aliphatic carbocycles. The highest BCUT2D eigenvalue weighted by atomic mass is 32.2. The zero-order valence-electron chi connectivity index (χ0n) is 7.98. The van der Waals surface area contributed by atoms with E-state index in [-0.39, 0.29) is 0 Å². The molecule has 13 heavy (non-hydrogen) atoms. The molecule has 0 heterocycles. The Morgan fingerprint density at radius 2 is 1.77 bits per heavy atom. The summed E-state index contributed by atoms with van der Waals surface area (Å²) in [6, 6.07) is 7.21. The number of methoxy groups -OCH3 is 1. The van der Waals surface area contributed by atoms with E-state index in [0.717, 1.165) is 10.6 Å². The molecule has 0 saturated carbocycles. The Morgan fingerprint density at radius 1 is 1.23 bits per heavy atom. The summed E-state index contributed by atoms with van der Waals surface area (Å²) in [6.07, 6.45) is 0. The smallest absolute Gasteiger partial charge is 0.127 e. The van der Waals surface area contributed by atoms with Crippen molar-refractivity contribution in [2.24, 2.45) is 0 Å². The van der Waals surface area contributed by atoms with E-state index in [2.05, 4.69) is 0 Å². The SMILES string of the molecule is COc1ccc(S(=O)N(C)C)cc1. The zero-order valence-corrected chi connectivity index (χ0v) is 8.80. The van der Waals surface area contributed by atoms with E-state index in [4.69, 9.17) is 4.74 Å². The van der Waals surface area contributed by atoms with Gasteiger partial charge in [-0.25, -0.2) is 8.51 Å². The number of rotatable bonds is 3. The van der Waals surface area contributed by atoms with Crippen LogP contribution in [0, 0.1) is 0 Å². The van der Waals surface area contributed by atoms with Crippen LogP contribution in [-0.4, -0.2) is 29.7 Å². The minimum atomic E-state index is -1.07. The highest BCUT2D eigenvalue weighted by Crippen LogP contribution is 2.14. The zero-order chi connectivity index (χ0) is 9.84. The molecule has 0 aliphatic rings. The Morgan fingerprint density at radius 3 is 2.15 bits per heavy atom. The molecule has 1 atom stereocenters. The summed E-state index contributed by atoms with van der Waals surface area (Å²) in [5.74, 6) is 0.777. The highest BCUT2D eigenvalue weighted by Gasteiger charge is 2.05. The first-order valence-electron chi connectivity index (χ1n) is 3.88. The molecule has 1 rings (SSSR count). The number of hydrogen-bond acceptors (Lipinski definition) is 2. The summed E-state index contributed by atoms with van der Waals surface area (Å²) in [6.45, 7) is 0. The van der Waals surface area contributed by atoms with Gasteiger partial charge in [-0.3, -0.25) is 0 Å². The van der Waals surface area contributed by atoms with Crippen LogP contribution in [0.4, 0.5) is 0 Å². The van der Waals surface area contributed by atoms with Gasteiger partial charge in [0.1, 0.15) is 16.7 Å². The lowest BCUT2D eigenvalue weighted by atomic mass is 10.3. The summed E-state index contributed by atoms with van der Waals surface area (Å²) in [5, 5.41) is 0. The van der Waals surface area contributed by atoms with Gasteiger partial charge in [0.05, 0.1) is 12.0 Å². The maximum Gasteiger partial charge on any atom is 0.127 e. The molecule has 0 aliphatic heterocycles. The van der Waals surface area contributed by atoms with Crippen LogP contribution in [0.15, 0.2) is 29.2 Å². The molecule has 3 nitrogen and oxygen atoms in total. The third kappa shape index (κ3) is 2.54. The van der Waals surface area contributed by atoms with Gasteiger partial charge in [0, 0.05) is 0 Å². The second-order valence-corrected chi connectivity index (χ2v) is 4.44. The van der Waals surface area contributed by atoms with E-state index in [9.17, 15) is 4.21 Å². The third-order valence-electron chi connectivity index (χ3n) is 1.59. The Hall–Kier alpha value is -0.870. The maximum atomic E-state index is 11.5. The van der Waals surface area contributed by atoms with E-state index in [1.807, 2.05) is 0 Å². The lowest BCUT2D eigenvalue weighted by Gasteiger charge is -2.09. The average Bonchev–Trinajstić information content (AvgIpc) is 2.17. The quantitative estimate of drug-likeness (QED) is 0.734. The number of nitrogens with zero attached hydrogens (tertiary/aromatic N) is 1. The molecule has 4 heteroatoms. The summed E-state index contributed by atoms with van der Waals surface area (Å²) in [4.78, 5) is 0.783. The Kier molecular flexibility index (Phi) is 3.45. The predicted octanol–water partition coefficient (Wildman–Crippen LogP) is 1.28. The summed E-state index contributed by atoms with van der Waals surface area (Å²) >= 11 is 0. The van der Waals surface area contributed by atoms with E-state index in [1.165, 1.54) is 0 Å². The molecular weight excluding hydrogens is 186 g/mol. The molecule has 0 bridgehead atoms. The van der Waals surface area contributed by atoms with Crippen LogP contribution in [0.2, 0.25) is 0 Å². The van der Waals surface area contributed by atoms with Crippen molar-refractivity contribution in [3.63, 3.8) is 0 Å². The Balaban J connectivity index is 2.86. The molecule has 0 spiro atoms.